The number of ether oxygens (including phenoxy) is 2. The molecule has 7 nitrogen and oxygen atoms in total. The second kappa shape index (κ2) is 9.93. The number of nitrogens with zero attached hydrogens (tertiary/aromatic N) is 3. The molecule has 2 aromatic rings. The molecule has 1 fully saturated rings. The molecule has 156 valence electrons. The molecule has 1 saturated carbocycles. The lowest BCUT2D eigenvalue weighted by Crippen LogP contribution is -2.36. The normalized spacial score (nSPS) is 20.1. The zero-order valence-corrected chi connectivity index (χ0v) is 17.2. The summed E-state index contributed by atoms with van der Waals surface area (Å²) in [6.07, 6.45) is 7.34. The summed E-state index contributed by atoms with van der Waals surface area (Å²) in [5.41, 5.74) is 0.591. The van der Waals surface area contributed by atoms with Crippen molar-refractivity contribution < 1.29 is 18.7 Å². The van der Waals surface area contributed by atoms with E-state index in [-0.39, 0.29) is 24.2 Å². The number of nitrogens with one attached hydrogen (secondary N) is 1. The summed E-state index contributed by atoms with van der Waals surface area (Å²) in [6, 6.07) is 1.66. The molecule has 0 aliphatic heterocycles. The third-order valence-corrected chi connectivity index (χ3v) is 4.89. The molecule has 0 unspecified atom stereocenters. The highest BCUT2D eigenvalue weighted by atomic mass is 35.5. The van der Waals surface area contributed by atoms with E-state index in [4.69, 9.17) is 21.1 Å². The van der Waals surface area contributed by atoms with Crippen LogP contribution in [0.2, 0.25) is 5.02 Å². The fourth-order valence-electron chi connectivity index (χ4n) is 3.24. The molecular weight excluding hydrogens is 399 g/mol. The molecule has 1 N–H and O–H groups in total. The Hall–Kier alpha value is -2.32. The first-order chi connectivity index (χ1) is 13.9. The number of hydrogen-bond acceptors (Lipinski definition) is 6. The molecule has 0 bridgehead atoms. The van der Waals surface area contributed by atoms with Crippen molar-refractivity contribution in [1.29, 1.82) is 0 Å². The summed E-state index contributed by atoms with van der Waals surface area (Å²) in [5, 5.41) is 3.17. The standard InChI is InChI=1S/C20H24ClFN4O3/c1-12(26-13(2)27)11-28-16-3-5-17(6-4-16)29-20-18(21)7-14(8-25-20)19-23-9-15(22)10-24-19/h7-10,12,16-17H,3-6,11H2,1-2H3,(H,26,27)/t12-,16?,17?/m0/s1. The molecule has 1 amide bonds. The molecule has 1 aliphatic rings. The Kier molecular flexibility index (Phi) is 7.33. The quantitative estimate of drug-likeness (QED) is 0.734. The van der Waals surface area contributed by atoms with Crippen molar-refractivity contribution in [3.63, 3.8) is 0 Å². The lowest BCUT2D eigenvalue weighted by Gasteiger charge is -2.29. The number of halogens is 2. The van der Waals surface area contributed by atoms with Gasteiger partial charge in [-0.2, -0.15) is 0 Å². The number of pyridine rings is 1. The van der Waals surface area contributed by atoms with Gasteiger partial charge < -0.3 is 14.8 Å². The van der Waals surface area contributed by atoms with Crippen LogP contribution in [0.5, 0.6) is 5.88 Å². The van der Waals surface area contributed by atoms with Gasteiger partial charge in [0, 0.05) is 24.7 Å². The number of rotatable bonds is 7. The first kappa shape index (κ1) is 21.4. The van der Waals surface area contributed by atoms with Crippen LogP contribution in [0.4, 0.5) is 4.39 Å². The van der Waals surface area contributed by atoms with E-state index in [1.54, 1.807) is 12.3 Å². The van der Waals surface area contributed by atoms with Gasteiger partial charge in [0.15, 0.2) is 11.6 Å². The van der Waals surface area contributed by atoms with Gasteiger partial charge >= 0.3 is 0 Å². The van der Waals surface area contributed by atoms with E-state index in [1.807, 2.05) is 6.92 Å². The van der Waals surface area contributed by atoms with E-state index < -0.39 is 5.82 Å². The van der Waals surface area contributed by atoms with Crippen LogP contribution in [0, 0.1) is 5.82 Å². The van der Waals surface area contributed by atoms with Crippen molar-refractivity contribution in [2.45, 2.75) is 57.8 Å². The van der Waals surface area contributed by atoms with Gasteiger partial charge in [0.25, 0.3) is 0 Å². The van der Waals surface area contributed by atoms with Gasteiger partial charge in [-0.1, -0.05) is 11.6 Å². The first-order valence-electron chi connectivity index (χ1n) is 9.59. The second-order valence-corrected chi connectivity index (χ2v) is 7.59. The number of carbonyl (C=O) groups excluding carboxylic acids is 1. The summed E-state index contributed by atoms with van der Waals surface area (Å²) in [5.74, 6) is 0.149. The maximum absolute atomic E-state index is 13.0. The summed E-state index contributed by atoms with van der Waals surface area (Å²) >= 11 is 6.31. The highest BCUT2D eigenvalue weighted by Gasteiger charge is 2.24. The Bertz CT molecular complexity index is 829. The fraction of sp³-hybridized carbons (Fsp3) is 0.500. The topological polar surface area (TPSA) is 86.2 Å². The predicted octanol–water partition coefficient (Wildman–Crippen LogP) is 3.56. The van der Waals surface area contributed by atoms with E-state index in [1.165, 1.54) is 6.92 Å². The Morgan fingerprint density at radius 1 is 1.21 bits per heavy atom. The summed E-state index contributed by atoms with van der Waals surface area (Å²) in [6.45, 7) is 3.91. The van der Waals surface area contributed by atoms with Crippen molar-refractivity contribution in [1.82, 2.24) is 20.3 Å². The van der Waals surface area contributed by atoms with Gasteiger partial charge in [0.05, 0.1) is 25.1 Å². The molecule has 0 saturated heterocycles. The third kappa shape index (κ3) is 6.33. The largest absolute Gasteiger partial charge is 0.473 e. The molecule has 1 aliphatic carbocycles. The van der Waals surface area contributed by atoms with Gasteiger partial charge in [-0.05, 0) is 38.7 Å². The highest BCUT2D eigenvalue weighted by Crippen LogP contribution is 2.30. The number of aromatic nitrogens is 3. The van der Waals surface area contributed by atoms with Crippen LogP contribution in [0.3, 0.4) is 0 Å². The average Bonchev–Trinajstić information content (AvgIpc) is 2.69. The zero-order chi connectivity index (χ0) is 20.8. The Labute approximate surface area is 174 Å². The summed E-state index contributed by atoms with van der Waals surface area (Å²) < 4.78 is 24.8. The summed E-state index contributed by atoms with van der Waals surface area (Å²) in [4.78, 5) is 23.2. The van der Waals surface area contributed by atoms with Gasteiger partial charge in [0.1, 0.15) is 11.1 Å². The molecule has 9 heteroatoms. The van der Waals surface area contributed by atoms with Crippen LogP contribution >= 0.6 is 11.6 Å². The minimum absolute atomic E-state index is 0.00641. The van der Waals surface area contributed by atoms with Crippen LogP contribution in [-0.2, 0) is 9.53 Å². The van der Waals surface area contributed by atoms with E-state index in [0.29, 0.717) is 28.9 Å². The molecule has 2 heterocycles. The Morgan fingerprint density at radius 2 is 1.86 bits per heavy atom. The average molecular weight is 423 g/mol. The number of carbonyl (C=O) groups is 1. The monoisotopic (exact) mass is 422 g/mol. The van der Waals surface area contributed by atoms with E-state index in [2.05, 4.69) is 20.3 Å². The molecule has 0 spiro atoms. The second-order valence-electron chi connectivity index (χ2n) is 7.19. The minimum Gasteiger partial charge on any atom is -0.473 e. The Morgan fingerprint density at radius 3 is 2.48 bits per heavy atom. The molecule has 0 aromatic carbocycles. The molecule has 0 radical (unpaired) electrons. The van der Waals surface area contributed by atoms with Crippen LogP contribution in [0.1, 0.15) is 39.5 Å². The van der Waals surface area contributed by atoms with Crippen molar-refractivity contribution in [2.75, 3.05) is 6.61 Å². The van der Waals surface area contributed by atoms with Crippen molar-refractivity contribution in [3.8, 4) is 17.3 Å². The van der Waals surface area contributed by atoms with Gasteiger partial charge in [-0.25, -0.2) is 19.3 Å². The van der Waals surface area contributed by atoms with Gasteiger partial charge in [-0.3, -0.25) is 4.79 Å². The first-order valence-corrected chi connectivity index (χ1v) is 9.97. The van der Waals surface area contributed by atoms with Gasteiger partial charge in [-0.15, -0.1) is 0 Å². The molecule has 29 heavy (non-hydrogen) atoms. The van der Waals surface area contributed by atoms with Crippen molar-refractivity contribution >= 4 is 17.5 Å². The van der Waals surface area contributed by atoms with Crippen LogP contribution in [0.25, 0.3) is 11.4 Å². The van der Waals surface area contributed by atoms with Crippen LogP contribution in [0.15, 0.2) is 24.7 Å². The zero-order valence-electron chi connectivity index (χ0n) is 16.4. The van der Waals surface area contributed by atoms with E-state index in [9.17, 15) is 9.18 Å². The third-order valence-electron chi connectivity index (χ3n) is 4.62. The van der Waals surface area contributed by atoms with Gasteiger partial charge in [0.2, 0.25) is 11.8 Å². The predicted molar refractivity (Wildman–Crippen MR) is 106 cm³/mol. The molecule has 3 rings (SSSR count). The maximum atomic E-state index is 13.0. The molecule has 1 atom stereocenters. The summed E-state index contributed by atoms with van der Waals surface area (Å²) in [7, 11) is 0. The molecular formula is C20H24ClFN4O3. The highest BCUT2D eigenvalue weighted by molar-refractivity contribution is 6.32. The van der Waals surface area contributed by atoms with E-state index >= 15 is 0 Å². The fourth-order valence-corrected chi connectivity index (χ4v) is 3.45. The smallest absolute Gasteiger partial charge is 0.232 e. The van der Waals surface area contributed by atoms with Crippen LogP contribution in [-0.4, -0.2) is 45.7 Å². The lowest BCUT2D eigenvalue weighted by molar-refractivity contribution is -0.120. The van der Waals surface area contributed by atoms with Crippen molar-refractivity contribution in [3.05, 3.63) is 35.5 Å². The number of amides is 1. The van der Waals surface area contributed by atoms with E-state index in [0.717, 1.165) is 38.1 Å². The SMILES string of the molecule is CC(=O)N[C@@H](C)COC1CCC(Oc2ncc(-c3ncc(F)cn3)cc2Cl)CC1. The van der Waals surface area contributed by atoms with Crippen LogP contribution < -0.4 is 10.1 Å². The number of hydrogen-bond donors (Lipinski definition) is 1. The Balaban J connectivity index is 1.49. The minimum atomic E-state index is -0.503. The molecule has 2 aromatic heterocycles. The van der Waals surface area contributed by atoms with Crippen molar-refractivity contribution in [2.24, 2.45) is 0 Å². The lowest BCUT2D eigenvalue weighted by atomic mass is 9.95. The maximum Gasteiger partial charge on any atom is 0.232 e.